The SMILES string of the molecule is C#CCCOc1cccc(C(C)N)c1. The van der Waals surface area contributed by atoms with Gasteiger partial charge in [0.15, 0.2) is 0 Å². The Hall–Kier alpha value is -1.46. The van der Waals surface area contributed by atoms with Crippen molar-refractivity contribution in [2.75, 3.05) is 6.61 Å². The quantitative estimate of drug-likeness (QED) is 0.581. The summed E-state index contributed by atoms with van der Waals surface area (Å²) in [7, 11) is 0. The minimum atomic E-state index is 0.0335. The van der Waals surface area contributed by atoms with Gasteiger partial charge in [0, 0.05) is 12.5 Å². The predicted molar refractivity (Wildman–Crippen MR) is 58.0 cm³/mol. The molecule has 1 rings (SSSR count). The van der Waals surface area contributed by atoms with Crippen LogP contribution in [-0.4, -0.2) is 6.61 Å². The van der Waals surface area contributed by atoms with Gasteiger partial charge in [-0.2, -0.15) is 0 Å². The molecule has 1 unspecified atom stereocenters. The van der Waals surface area contributed by atoms with Gasteiger partial charge in [-0.05, 0) is 24.6 Å². The van der Waals surface area contributed by atoms with Crippen LogP contribution in [0.25, 0.3) is 0 Å². The lowest BCUT2D eigenvalue weighted by Crippen LogP contribution is -2.05. The van der Waals surface area contributed by atoms with Crippen molar-refractivity contribution >= 4 is 0 Å². The van der Waals surface area contributed by atoms with Crippen molar-refractivity contribution < 1.29 is 4.74 Å². The summed E-state index contributed by atoms with van der Waals surface area (Å²) in [5.74, 6) is 3.35. The van der Waals surface area contributed by atoms with Crippen LogP contribution in [0.5, 0.6) is 5.75 Å². The first kappa shape index (κ1) is 10.6. The number of hydrogen-bond donors (Lipinski definition) is 1. The zero-order valence-electron chi connectivity index (χ0n) is 8.36. The summed E-state index contributed by atoms with van der Waals surface area (Å²) in [6.07, 6.45) is 5.75. The second-order valence-corrected chi connectivity index (χ2v) is 3.16. The van der Waals surface area contributed by atoms with Crippen molar-refractivity contribution in [3.63, 3.8) is 0 Å². The van der Waals surface area contributed by atoms with E-state index in [1.54, 1.807) is 0 Å². The van der Waals surface area contributed by atoms with E-state index in [4.69, 9.17) is 16.9 Å². The smallest absolute Gasteiger partial charge is 0.119 e. The van der Waals surface area contributed by atoms with E-state index >= 15 is 0 Å². The number of terminal acetylenes is 1. The van der Waals surface area contributed by atoms with Crippen LogP contribution in [0.2, 0.25) is 0 Å². The van der Waals surface area contributed by atoms with Crippen LogP contribution in [0, 0.1) is 12.3 Å². The van der Waals surface area contributed by atoms with E-state index in [1.165, 1.54) is 0 Å². The average Bonchev–Trinajstić information content (AvgIpc) is 2.19. The average molecular weight is 189 g/mol. The van der Waals surface area contributed by atoms with Crippen molar-refractivity contribution in [3.05, 3.63) is 29.8 Å². The van der Waals surface area contributed by atoms with Crippen LogP contribution in [0.1, 0.15) is 24.9 Å². The van der Waals surface area contributed by atoms with Crippen LogP contribution >= 0.6 is 0 Å². The lowest BCUT2D eigenvalue weighted by atomic mass is 10.1. The Labute approximate surface area is 85.1 Å². The van der Waals surface area contributed by atoms with E-state index in [2.05, 4.69) is 5.92 Å². The highest BCUT2D eigenvalue weighted by molar-refractivity contribution is 5.30. The van der Waals surface area contributed by atoms with Crippen LogP contribution < -0.4 is 10.5 Å². The summed E-state index contributed by atoms with van der Waals surface area (Å²) in [6, 6.07) is 7.80. The third-order valence-corrected chi connectivity index (χ3v) is 1.90. The Morgan fingerprint density at radius 1 is 1.57 bits per heavy atom. The molecule has 2 nitrogen and oxygen atoms in total. The molecule has 0 saturated heterocycles. The van der Waals surface area contributed by atoms with Crippen LogP contribution in [0.3, 0.4) is 0 Å². The summed E-state index contributed by atoms with van der Waals surface area (Å²) < 4.78 is 5.44. The highest BCUT2D eigenvalue weighted by Crippen LogP contribution is 2.17. The van der Waals surface area contributed by atoms with E-state index in [9.17, 15) is 0 Å². The summed E-state index contributed by atoms with van der Waals surface area (Å²) in [6.45, 7) is 2.50. The van der Waals surface area contributed by atoms with E-state index in [-0.39, 0.29) is 6.04 Å². The first-order valence-electron chi connectivity index (χ1n) is 4.66. The number of nitrogens with two attached hydrogens (primary N) is 1. The monoisotopic (exact) mass is 189 g/mol. The molecule has 1 aromatic carbocycles. The zero-order valence-corrected chi connectivity index (χ0v) is 8.36. The molecule has 0 radical (unpaired) electrons. The summed E-state index contributed by atoms with van der Waals surface area (Å²) in [4.78, 5) is 0. The maximum absolute atomic E-state index is 5.75. The highest BCUT2D eigenvalue weighted by atomic mass is 16.5. The normalized spacial score (nSPS) is 11.8. The molecule has 0 fully saturated rings. The Morgan fingerprint density at radius 2 is 2.36 bits per heavy atom. The lowest BCUT2D eigenvalue weighted by Gasteiger charge is -2.08. The van der Waals surface area contributed by atoms with Gasteiger partial charge in [-0.15, -0.1) is 12.3 Å². The van der Waals surface area contributed by atoms with E-state index in [0.717, 1.165) is 11.3 Å². The number of rotatable bonds is 4. The molecule has 0 heterocycles. The third-order valence-electron chi connectivity index (χ3n) is 1.90. The summed E-state index contributed by atoms with van der Waals surface area (Å²) in [5, 5.41) is 0. The first-order chi connectivity index (χ1) is 6.74. The number of hydrogen-bond acceptors (Lipinski definition) is 2. The molecule has 0 spiro atoms. The summed E-state index contributed by atoms with van der Waals surface area (Å²) in [5.41, 5.74) is 6.82. The molecule has 1 atom stereocenters. The second kappa shape index (κ2) is 5.31. The maximum atomic E-state index is 5.75. The Morgan fingerprint density at radius 3 is 3.00 bits per heavy atom. The molecule has 2 N–H and O–H groups in total. The molecule has 0 saturated carbocycles. The molecule has 0 aromatic heterocycles. The Balaban J connectivity index is 2.60. The molecule has 14 heavy (non-hydrogen) atoms. The van der Waals surface area contributed by atoms with E-state index in [0.29, 0.717) is 13.0 Å². The highest BCUT2D eigenvalue weighted by Gasteiger charge is 2.00. The molecule has 2 heteroatoms. The van der Waals surface area contributed by atoms with Crippen molar-refractivity contribution in [1.29, 1.82) is 0 Å². The van der Waals surface area contributed by atoms with Crippen LogP contribution in [0.4, 0.5) is 0 Å². The van der Waals surface area contributed by atoms with Gasteiger partial charge in [-0.3, -0.25) is 0 Å². The lowest BCUT2D eigenvalue weighted by molar-refractivity contribution is 0.327. The largest absolute Gasteiger partial charge is 0.493 e. The zero-order chi connectivity index (χ0) is 10.4. The molecular formula is C12H15NO. The molecule has 0 bridgehead atoms. The summed E-state index contributed by atoms with van der Waals surface area (Å²) >= 11 is 0. The predicted octanol–water partition coefficient (Wildman–Crippen LogP) is 2.11. The minimum absolute atomic E-state index is 0.0335. The first-order valence-corrected chi connectivity index (χ1v) is 4.66. The fourth-order valence-corrected chi connectivity index (χ4v) is 1.12. The van der Waals surface area contributed by atoms with Crippen molar-refractivity contribution in [2.45, 2.75) is 19.4 Å². The standard InChI is InChI=1S/C12H15NO/c1-3-4-8-14-12-7-5-6-11(9-12)10(2)13/h1,5-7,9-10H,4,8,13H2,2H3. The molecule has 0 aliphatic carbocycles. The topological polar surface area (TPSA) is 35.2 Å². The van der Waals surface area contributed by atoms with E-state index in [1.807, 2.05) is 31.2 Å². The van der Waals surface area contributed by atoms with Gasteiger partial charge in [0.05, 0.1) is 6.61 Å². The van der Waals surface area contributed by atoms with Gasteiger partial charge in [0.1, 0.15) is 5.75 Å². The number of ether oxygens (including phenoxy) is 1. The third kappa shape index (κ3) is 3.12. The van der Waals surface area contributed by atoms with Crippen molar-refractivity contribution in [2.24, 2.45) is 5.73 Å². The van der Waals surface area contributed by atoms with Gasteiger partial charge >= 0.3 is 0 Å². The van der Waals surface area contributed by atoms with Crippen molar-refractivity contribution in [3.8, 4) is 18.1 Å². The molecule has 74 valence electrons. The molecule has 0 amide bonds. The Kier molecular flexibility index (Phi) is 4.03. The fraction of sp³-hybridized carbons (Fsp3) is 0.333. The van der Waals surface area contributed by atoms with Crippen LogP contribution in [0.15, 0.2) is 24.3 Å². The van der Waals surface area contributed by atoms with E-state index < -0.39 is 0 Å². The minimum Gasteiger partial charge on any atom is -0.493 e. The van der Waals surface area contributed by atoms with Crippen LogP contribution in [-0.2, 0) is 0 Å². The molecule has 0 aliphatic rings. The van der Waals surface area contributed by atoms with Gasteiger partial charge in [0.25, 0.3) is 0 Å². The van der Waals surface area contributed by atoms with Gasteiger partial charge in [-0.25, -0.2) is 0 Å². The van der Waals surface area contributed by atoms with Gasteiger partial charge < -0.3 is 10.5 Å². The Bertz CT molecular complexity index is 325. The molecule has 0 aliphatic heterocycles. The van der Waals surface area contributed by atoms with Gasteiger partial charge in [0.2, 0.25) is 0 Å². The molecule has 1 aromatic rings. The second-order valence-electron chi connectivity index (χ2n) is 3.16. The van der Waals surface area contributed by atoms with Gasteiger partial charge in [-0.1, -0.05) is 12.1 Å². The molecular weight excluding hydrogens is 174 g/mol. The van der Waals surface area contributed by atoms with Crippen molar-refractivity contribution in [1.82, 2.24) is 0 Å². The maximum Gasteiger partial charge on any atom is 0.119 e. The fourth-order valence-electron chi connectivity index (χ4n) is 1.12. The number of benzene rings is 1.